The molecule has 0 N–H and O–H groups in total. The van der Waals surface area contributed by atoms with Crippen LogP contribution in [0.4, 0.5) is 0 Å². The summed E-state index contributed by atoms with van der Waals surface area (Å²) < 4.78 is 34.5. The van der Waals surface area contributed by atoms with Gasteiger partial charge in [-0.3, -0.25) is 14.2 Å². The molecule has 0 heterocycles. The first-order valence-electron chi connectivity index (χ1n) is 11.2. The van der Waals surface area contributed by atoms with Gasteiger partial charge in [0.2, 0.25) is 0 Å². The van der Waals surface area contributed by atoms with E-state index < -0.39 is 25.2 Å². The van der Waals surface area contributed by atoms with Gasteiger partial charge in [0.1, 0.15) is 34.1 Å². The molecule has 184 valence electrons. The molecule has 2 aromatic carbocycles. The van der Waals surface area contributed by atoms with Gasteiger partial charge in [-0.1, -0.05) is 45.2 Å². The Hall–Kier alpha value is -2.92. The number of hydrogen-bond donors (Lipinski definition) is 0. The molecule has 7 nitrogen and oxygen atoms in total. The Balaban J connectivity index is 2.73. The number of hydrogen-bond acceptors (Lipinski definition) is 7. The van der Waals surface area contributed by atoms with E-state index >= 15 is 0 Å². The van der Waals surface area contributed by atoms with E-state index in [0.29, 0.717) is 12.3 Å². The molecule has 0 fully saturated rings. The molecule has 0 bridgehead atoms. The first kappa shape index (κ1) is 27.3. The summed E-state index contributed by atoms with van der Waals surface area (Å²) in [7, 11) is 5.08. The van der Waals surface area contributed by atoms with E-state index in [0.717, 1.165) is 12.8 Å². The molecule has 8 heteroatoms. The summed E-state index contributed by atoms with van der Waals surface area (Å²) in [5.74, 6) is 0.133. The second-order valence-electron chi connectivity index (χ2n) is 8.32. The molecule has 0 aliphatic carbocycles. The molecule has 2 rings (SSSR count). The number of methoxy groups -OCH3 is 4. The first-order valence-corrected chi connectivity index (χ1v) is 12.0. The molecule has 0 saturated carbocycles. The van der Waals surface area contributed by atoms with Crippen molar-refractivity contribution in [1.82, 2.24) is 0 Å². The Morgan fingerprint density at radius 2 is 1.15 bits per heavy atom. The van der Waals surface area contributed by atoms with E-state index in [1.54, 1.807) is 36.4 Å². The van der Waals surface area contributed by atoms with Crippen molar-refractivity contribution < 1.29 is 33.1 Å². The number of ether oxygens (including phenoxy) is 4. The van der Waals surface area contributed by atoms with Crippen molar-refractivity contribution in [2.45, 2.75) is 44.7 Å². The largest absolute Gasteiger partial charge is 0.496 e. The maximum Gasteiger partial charge on any atom is 0.195 e. The number of ketones is 2. The molecule has 0 aliphatic rings. The molecule has 0 radical (unpaired) electrons. The Bertz CT molecular complexity index is 904. The fourth-order valence-electron chi connectivity index (χ4n) is 3.96. The zero-order valence-electron chi connectivity index (χ0n) is 20.7. The van der Waals surface area contributed by atoms with E-state index in [9.17, 15) is 14.2 Å². The van der Waals surface area contributed by atoms with Crippen LogP contribution in [0.5, 0.6) is 23.0 Å². The summed E-state index contributed by atoms with van der Waals surface area (Å²) in [4.78, 5) is 28.3. The minimum Gasteiger partial charge on any atom is -0.496 e. The molecule has 0 unspecified atom stereocenters. The Morgan fingerprint density at radius 3 is 1.44 bits per heavy atom. The van der Waals surface area contributed by atoms with Gasteiger partial charge in [0.25, 0.3) is 0 Å². The third-order valence-corrected chi connectivity index (χ3v) is 6.73. The highest BCUT2D eigenvalue weighted by Crippen LogP contribution is 2.44. The normalized spacial score (nSPS) is 11.4. The zero-order chi connectivity index (χ0) is 25.3. The van der Waals surface area contributed by atoms with E-state index in [4.69, 9.17) is 18.9 Å². The monoisotopic (exact) mass is 488 g/mol. The van der Waals surface area contributed by atoms with Crippen molar-refractivity contribution >= 4 is 20.0 Å². The standard InChI is InChI=1S/C26H33O7P/c1-17(2)11-7-8-16-26(34-29,24(27)22-18(30-3)12-9-13-19(22)31-4)25(28)23-20(32-5)14-10-15-21(23)33-6/h9-10,12-15,17H,7-8,11,16H2,1-6H3. The van der Waals surface area contributed by atoms with Gasteiger partial charge in [0.05, 0.1) is 28.4 Å². The van der Waals surface area contributed by atoms with Gasteiger partial charge in [-0.15, -0.1) is 0 Å². The minimum absolute atomic E-state index is 0.0712. The number of carbonyl (C=O) groups is 2. The van der Waals surface area contributed by atoms with Crippen LogP contribution < -0.4 is 18.9 Å². The van der Waals surface area contributed by atoms with Gasteiger partial charge in [-0.25, -0.2) is 0 Å². The summed E-state index contributed by atoms with van der Waals surface area (Å²) in [5.41, 5.74) is 0.142. The average molecular weight is 489 g/mol. The Kier molecular flexibility index (Phi) is 10.1. The summed E-state index contributed by atoms with van der Waals surface area (Å²) in [6.07, 6.45) is 2.30. The van der Waals surface area contributed by atoms with E-state index in [1.165, 1.54) is 28.4 Å². The Labute approximate surface area is 202 Å². The number of Topliss-reactive ketones (excluding diaryl/α,β-unsaturated/α-hetero) is 2. The molecule has 0 aliphatic heterocycles. The molecule has 0 spiro atoms. The van der Waals surface area contributed by atoms with Crippen molar-refractivity contribution in [3.8, 4) is 23.0 Å². The lowest BCUT2D eigenvalue weighted by Crippen LogP contribution is -2.42. The summed E-state index contributed by atoms with van der Waals surface area (Å²) in [6.45, 7) is 4.21. The van der Waals surface area contributed by atoms with Gasteiger partial charge >= 0.3 is 0 Å². The number of unbranched alkanes of at least 4 members (excludes halogenated alkanes) is 1. The Morgan fingerprint density at radius 1 is 0.765 bits per heavy atom. The lowest BCUT2D eigenvalue weighted by molar-refractivity contribution is 0.0817. The van der Waals surface area contributed by atoms with Crippen LogP contribution in [0.3, 0.4) is 0 Å². The molecule has 0 amide bonds. The average Bonchev–Trinajstić information content (AvgIpc) is 2.86. The lowest BCUT2D eigenvalue weighted by atomic mass is 9.83. The molecule has 2 aromatic rings. The van der Waals surface area contributed by atoms with Crippen LogP contribution in [-0.2, 0) is 4.57 Å². The van der Waals surface area contributed by atoms with Crippen LogP contribution in [0, 0.1) is 5.92 Å². The van der Waals surface area contributed by atoms with Gasteiger partial charge in [-0.05, 0) is 36.6 Å². The summed E-state index contributed by atoms with van der Waals surface area (Å²) >= 11 is 0. The van der Waals surface area contributed by atoms with Crippen LogP contribution in [0.25, 0.3) is 0 Å². The van der Waals surface area contributed by atoms with Crippen LogP contribution in [0.2, 0.25) is 0 Å². The van der Waals surface area contributed by atoms with Gasteiger partial charge < -0.3 is 18.9 Å². The van der Waals surface area contributed by atoms with Crippen molar-refractivity contribution in [1.29, 1.82) is 0 Å². The minimum atomic E-state index is -1.92. The van der Waals surface area contributed by atoms with Crippen molar-refractivity contribution in [2.75, 3.05) is 28.4 Å². The number of benzene rings is 2. The highest BCUT2D eigenvalue weighted by atomic mass is 31.1. The lowest BCUT2D eigenvalue weighted by Gasteiger charge is -2.27. The van der Waals surface area contributed by atoms with E-state index in [-0.39, 0.29) is 40.5 Å². The number of carbonyl (C=O) groups excluding carboxylic acids is 2. The molecular formula is C26H33O7P. The maximum atomic E-state index is 14.1. The highest BCUT2D eigenvalue weighted by molar-refractivity contribution is 7.30. The van der Waals surface area contributed by atoms with Crippen LogP contribution >= 0.6 is 8.46 Å². The van der Waals surface area contributed by atoms with Crippen LogP contribution in [-0.4, -0.2) is 45.2 Å². The van der Waals surface area contributed by atoms with E-state index in [1.807, 2.05) is 0 Å². The topological polar surface area (TPSA) is 88.1 Å². The zero-order valence-corrected chi connectivity index (χ0v) is 21.6. The predicted octanol–water partition coefficient (Wildman–Crippen LogP) is 6.03. The molecule has 0 aromatic heterocycles. The quantitative estimate of drug-likeness (QED) is 0.139. The summed E-state index contributed by atoms with van der Waals surface area (Å²) in [5, 5.41) is -1.92. The predicted molar refractivity (Wildman–Crippen MR) is 131 cm³/mol. The van der Waals surface area contributed by atoms with Crippen LogP contribution in [0.15, 0.2) is 36.4 Å². The third-order valence-electron chi connectivity index (χ3n) is 5.79. The van der Waals surface area contributed by atoms with Crippen molar-refractivity contribution in [3.05, 3.63) is 47.5 Å². The second-order valence-corrected chi connectivity index (χ2v) is 9.27. The highest BCUT2D eigenvalue weighted by Gasteiger charge is 2.50. The van der Waals surface area contributed by atoms with E-state index in [2.05, 4.69) is 13.8 Å². The maximum absolute atomic E-state index is 14.1. The van der Waals surface area contributed by atoms with Gasteiger partial charge in [0, 0.05) is 0 Å². The third kappa shape index (κ3) is 5.58. The SMILES string of the molecule is COc1cccc(OC)c1C(=O)C(CCCCC(C)C)(P=O)C(=O)c1c(OC)cccc1OC. The number of rotatable bonds is 14. The van der Waals surface area contributed by atoms with Gasteiger partial charge in [0.15, 0.2) is 25.2 Å². The molecule has 0 saturated heterocycles. The summed E-state index contributed by atoms with van der Waals surface area (Å²) in [6, 6.07) is 9.78. The van der Waals surface area contributed by atoms with Crippen LogP contribution in [0.1, 0.15) is 60.2 Å². The molecule has 34 heavy (non-hydrogen) atoms. The fourth-order valence-corrected chi connectivity index (χ4v) is 4.59. The molecule has 0 atom stereocenters. The van der Waals surface area contributed by atoms with Gasteiger partial charge in [-0.2, -0.15) is 0 Å². The van der Waals surface area contributed by atoms with Crippen molar-refractivity contribution in [2.24, 2.45) is 5.92 Å². The molecular weight excluding hydrogens is 455 g/mol. The fraction of sp³-hybridized carbons (Fsp3) is 0.462. The first-order chi connectivity index (χ1) is 16.3. The second kappa shape index (κ2) is 12.5. The van der Waals surface area contributed by atoms with Crippen molar-refractivity contribution in [3.63, 3.8) is 0 Å². The smallest absolute Gasteiger partial charge is 0.195 e.